The largest absolute Gasteiger partial charge is 0.496 e. The van der Waals surface area contributed by atoms with Crippen molar-refractivity contribution >= 4 is 35.8 Å². The van der Waals surface area contributed by atoms with Crippen LogP contribution >= 0.6 is 24.0 Å². The molecule has 4 N–H and O–H groups in total. The third-order valence-electron chi connectivity index (χ3n) is 2.36. The summed E-state index contributed by atoms with van der Waals surface area (Å²) in [6.45, 7) is 0.0435. The Labute approximate surface area is 128 Å². The van der Waals surface area contributed by atoms with Crippen LogP contribution in [0.25, 0.3) is 0 Å². The highest BCUT2D eigenvalue weighted by molar-refractivity contribution is 6.30. The Morgan fingerprint density at radius 1 is 1.30 bits per heavy atom. The predicted molar refractivity (Wildman–Crippen MR) is 79.2 cm³/mol. The van der Waals surface area contributed by atoms with E-state index < -0.39 is 0 Å². The number of methoxy groups -OCH3 is 1. The molecular weight excluding hydrogens is 305 g/mol. The minimum Gasteiger partial charge on any atom is -0.496 e. The molecule has 112 valence electrons. The van der Waals surface area contributed by atoms with Gasteiger partial charge in [0, 0.05) is 17.1 Å². The molecule has 0 aliphatic rings. The average Bonchev–Trinajstić information content (AvgIpc) is 2.43. The minimum absolute atomic E-state index is 0. The Kier molecular flexibility index (Phi) is 8.71. The Hall–Kier alpha value is -1.50. The summed E-state index contributed by atoms with van der Waals surface area (Å²) in [5.74, 6) is -0.0863. The van der Waals surface area contributed by atoms with E-state index in [4.69, 9.17) is 22.1 Å². The standard InChI is InChI=1S/C12H16ClN3O3.ClH/c1-19-10-4-9(13)3-2-8(10)6-15-12(18)7-16-11(17)5-14;/h2-4H,5-7,14H2,1H3,(H,15,18)(H,16,17);1H. The Balaban J connectivity index is 0.00000361. The van der Waals surface area contributed by atoms with Crippen molar-refractivity contribution in [3.05, 3.63) is 28.8 Å². The summed E-state index contributed by atoms with van der Waals surface area (Å²) < 4.78 is 5.15. The molecule has 0 aliphatic heterocycles. The van der Waals surface area contributed by atoms with E-state index in [1.54, 1.807) is 18.2 Å². The second-order valence-corrected chi connectivity index (χ2v) is 4.15. The van der Waals surface area contributed by atoms with E-state index in [0.717, 1.165) is 5.56 Å². The number of carbonyl (C=O) groups is 2. The average molecular weight is 322 g/mol. The highest BCUT2D eigenvalue weighted by Gasteiger charge is 2.07. The molecule has 0 saturated heterocycles. The Bertz CT molecular complexity index is 469. The number of benzene rings is 1. The van der Waals surface area contributed by atoms with E-state index in [9.17, 15) is 9.59 Å². The summed E-state index contributed by atoms with van der Waals surface area (Å²) >= 11 is 5.83. The van der Waals surface area contributed by atoms with Crippen LogP contribution in [-0.2, 0) is 16.1 Å². The van der Waals surface area contributed by atoms with Crippen molar-refractivity contribution < 1.29 is 14.3 Å². The van der Waals surface area contributed by atoms with Gasteiger partial charge in [-0.05, 0) is 12.1 Å². The number of rotatable bonds is 6. The van der Waals surface area contributed by atoms with Gasteiger partial charge >= 0.3 is 0 Å². The number of nitrogens with two attached hydrogens (primary N) is 1. The molecule has 0 aliphatic carbocycles. The maximum Gasteiger partial charge on any atom is 0.239 e. The van der Waals surface area contributed by atoms with E-state index in [0.29, 0.717) is 10.8 Å². The van der Waals surface area contributed by atoms with Crippen LogP contribution in [0, 0.1) is 0 Å². The van der Waals surface area contributed by atoms with E-state index in [1.165, 1.54) is 7.11 Å². The van der Waals surface area contributed by atoms with Gasteiger partial charge in [0.15, 0.2) is 0 Å². The number of hydrogen-bond donors (Lipinski definition) is 3. The smallest absolute Gasteiger partial charge is 0.239 e. The van der Waals surface area contributed by atoms with Gasteiger partial charge in [-0.1, -0.05) is 17.7 Å². The number of halogens is 2. The zero-order valence-electron chi connectivity index (χ0n) is 10.9. The second kappa shape index (κ2) is 9.41. The van der Waals surface area contributed by atoms with Gasteiger partial charge in [0.05, 0.1) is 20.2 Å². The van der Waals surface area contributed by atoms with E-state index in [2.05, 4.69) is 10.6 Å². The van der Waals surface area contributed by atoms with Crippen LogP contribution in [0.3, 0.4) is 0 Å². The Morgan fingerprint density at radius 2 is 2.00 bits per heavy atom. The lowest BCUT2D eigenvalue weighted by Crippen LogP contribution is -2.39. The molecule has 0 radical (unpaired) electrons. The Morgan fingerprint density at radius 3 is 2.60 bits per heavy atom. The summed E-state index contributed by atoms with van der Waals surface area (Å²) in [4.78, 5) is 22.3. The SMILES string of the molecule is COc1cc(Cl)ccc1CNC(=O)CNC(=O)CN.Cl. The molecule has 0 aromatic heterocycles. The molecule has 0 fully saturated rings. The molecule has 1 aromatic carbocycles. The van der Waals surface area contributed by atoms with Crippen molar-refractivity contribution in [3.63, 3.8) is 0 Å². The maximum absolute atomic E-state index is 11.5. The van der Waals surface area contributed by atoms with Crippen molar-refractivity contribution in [2.75, 3.05) is 20.2 Å². The monoisotopic (exact) mass is 321 g/mol. The van der Waals surface area contributed by atoms with Gasteiger partial charge in [0.1, 0.15) is 5.75 Å². The van der Waals surface area contributed by atoms with Crippen LogP contribution < -0.4 is 21.1 Å². The van der Waals surface area contributed by atoms with Crippen LogP contribution in [0.4, 0.5) is 0 Å². The normalized spacial score (nSPS) is 9.35. The van der Waals surface area contributed by atoms with E-state index in [1.807, 2.05) is 0 Å². The van der Waals surface area contributed by atoms with Gasteiger partial charge in [-0.2, -0.15) is 0 Å². The van der Waals surface area contributed by atoms with E-state index >= 15 is 0 Å². The molecule has 0 bridgehead atoms. The van der Waals surface area contributed by atoms with Crippen molar-refractivity contribution in [1.29, 1.82) is 0 Å². The molecule has 1 rings (SSSR count). The fraction of sp³-hybridized carbons (Fsp3) is 0.333. The second-order valence-electron chi connectivity index (χ2n) is 3.71. The molecule has 1 aromatic rings. The van der Waals surface area contributed by atoms with Crippen LogP contribution in [0.1, 0.15) is 5.56 Å². The van der Waals surface area contributed by atoms with Crippen LogP contribution in [0.15, 0.2) is 18.2 Å². The molecule has 0 unspecified atom stereocenters. The first-order valence-corrected chi connectivity index (χ1v) is 6.00. The van der Waals surface area contributed by atoms with Crippen LogP contribution in [-0.4, -0.2) is 32.0 Å². The zero-order chi connectivity index (χ0) is 14.3. The molecule has 6 nitrogen and oxygen atoms in total. The van der Waals surface area contributed by atoms with Gasteiger partial charge in [-0.25, -0.2) is 0 Å². The number of carbonyl (C=O) groups excluding carboxylic acids is 2. The minimum atomic E-state index is -0.376. The first kappa shape index (κ1) is 18.5. The van der Waals surface area contributed by atoms with Gasteiger partial charge in [-0.15, -0.1) is 12.4 Å². The topological polar surface area (TPSA) is 93.5 Å². The quantitative estimate of drug-likeness (QED) is 0.709. The fourth-order valence-electron chi connectivity index (χ4n) is 1.37. The number of hydrogen-bond acceptors (Lipinski definition) is 4. The van der Waals surface area contributed by atoms with Crippen molar-refractivity contribution in [1.82, 2.24) is 10.6 Å². The fourth-order valence-corrected chi connectivity index (χ4v) is 1.53. The number of amides is 2. The van der Waals surface area contributed by atoms with Crippen molar-refractivity contribution in [2.24, 2.45) is 5.73 Å². The van der Waals surface area contributed by atoms with Crippen molar-refractivity contribution in [2.45, 2.75) is 6.54 Å². The molecule has 8 heteroatoms. The molecule has 2 amide bonds. The highest BCUT2D eigenvalue weighted by atomic mass is 35.5. The predicted octanol–water partition coefficient (Wildman–Crippen LogP) is 0.462. The molecule has 0 saturated carbocycles. The van der Waals surface area contributed by atoms with Crippen LogP contribution in [0.5, 0.6) is 5.75 Å². The van der Waals surface area contributed by atoms with Gasteiger partial charge < -0.3 is 21.1 Å². The summed E-state index contributed by atoms with van der Waals surface area (Å²) in [7, 11) is 1.53. The van der Waals surface area contributed by atoms with Gasteiger partial charge in [0.25, 0.3) is 0 Å². The van der Waals surface area contributed by atoms with Crippen LogP contribution in [0.2, 0.25) is 5.02 Å². The maximum atomic E-state index is 11.5. The lowest BCUT2D eigenvalue weighted by atomic mass is 10.2. The molecular formula is C12H17Cl2N3O3. The number of nitrogens with one attached hydrogen (secondary N) is 2. The van der Waals surface area contributed by atoms with Gasteiger partial charge in [-0.3, -0.25) is 9.59 Å². The zero-order valence-corrected chi connectivity index (χ0v) is 12.5. The molecule has 0 heterocycles. The lowest BCUT2D eigenvalue weighted by Gasteiger charge is -2.10. The highest BCUT2D eigenvalue weighted by Crippen LogP contribution is 2.22. The number of ether oxygens (including phenoxy) is 1. The van der Waals surface area contributed by atoms with E-state index in [-0.39, 0.29) is 43.9 Å². The first-order chi connectivity index (χ1) is 9.06. The summed E-state index contributed by atoms with van der Waals surface area (Å²) in [6.07, 6.45) is 0. The van der Waals surface area contributed by atoms with Gasteiger partial charge in [0.2, 0.25) is 11.8 Å². The molecule has 0 spiro atoms. The molecule has 20 heavy (non-hydrogen) atoms. The van der Waals surface area contributed by atoms with Crippen molar-refractivity contribution in [3.8, 4) is 5.75 Å². The molecule has 0 atom stereocenters. The third-order valence-corrected chi connectivity index (χ3v) is 2.59. The lowest BCUT2D eigenvalue weighted by molar-refractivity contribution is -0.125. The summed E-state index contributed by atoms with van der Waals surface area (Å²) in [5.41, 5.74) is 5.90. The summed E-state index contributed by atoms with van der Waals surface area (Å²) in [6, 6.07) is 5.14. The summed E-state index contributed by atoms with van der Waals surface area (Å²) in [5, 5.41) is 5.59. The first-order valence-electron chi connectivity index (χ1n) is 5.62. The third kappa shape index (κ3) is 6.10.